The Balaban J connectivity index is 1.46. The first-order valence-electron chi connectivity index (χ1n) is 6.12. The number of thiocarbonyl (C=S) groups is 1. The largest absolute Gasteiger partial charge is 0.358 e. The lowest BCUT2D eigenvalue weighted by Gasteiger charge is -2.20. The van der Waals surface area contributed by atoms with E-state index >= 15 is 0 Å². The van der Waals surface area contributed by atoms with Crippen LogP contribution < -0.4 is 10.7 Å². The van der Waals surface area contributed by atoms with Gasteiger partial charge in [-0.1, -0.05) is 18.2 Å². The first-order chi connectivity index (χ1) is 8.81. The molecule has 1 saturated carbocycles. The molecule has 0 radical (unpaired) electrons. The molecule has 2 bridgehead atoms. The summed E-state index contributed by atoms with van der Waals surface area (Å²) in [4.78, 5) is 1.12. The van der Waals surface area contributed by atoms with E-state index in [0.717, 1.165) is 10.8 Å². The van der Waals surface area contributed by atoms with Gasteiger partial charge in [0.1, 0.15) is 0 Å². The maximum atomic E-state index is 5.24. The standard InChI is InChI=1S/C13H15N3S2/c17-13(16-14-8-11-2-1-5-18-11)15-12-7-9-3-4-10(12)6-9/h1-5,8-10,12H,6-7H2,(H2,15,16,17)/b14-8-/t9-,10-,12-/m1/s1. The Labute approximate surface area is 116 Å². The molecule has 0 amide bonds. The van der Waals surface area contributed by atoms with Gasteiger partial charge in [-0.15, -0.1) is 11.3 Å². The lowest BCUT2D eigenvalue weighted by Crippen LogP contribution is -2.42. The van der Waals surface area contributed by atoms with Crippen molar-refractivity contribution in [1.82, 2.24) is 10.7 Å². The van der Waals surface area contributed by atoms with E-state index < -0.39 is 0 Å². The van der Waals surface area contributed by atoms with Crippen LogP contribution in [-0.4, -0.2) is 17.4 Å². The highest BCUT2D eigenvalue weighted by atomic mass is 32.1. The molecule has 0 aliphatic heterocycles. The number of hydrazone groups is 1. The molecule has 3 nitrogen and oxygen atoms in total. The molecule has 94 valence electrons. The molecule has 2 aliphatic carbocycles. The molecule has 0 unspecified atom stereocenters. The maximum Gasteiger partial charge on any atom is 0.187 e. The molecule has 3 atom stereocenters. The average molecular weight is 277 g/mol. The monoisotopic (exact) mass is 277 g/mol. The van der Waals surface area contributed by atoms with Crippen LogP contribution in [0.4, 0.5) is 0 Å². The van der Waals surface area contributed by atoms with Gasteiger partial charge in [0.25, 0.3) is 0 Å². The van der Waals surface area contributed by atoms with Gasteiger partial charge in [0.15, 0.2) is 5.11 Å². The van der Waals surface area contributed by atoms with E-state index in [1.165, 1.54) is 12.8 Å². The second-order valence-corrected chi connectivity index (χ2v) is 6.13. The van der Waals surface area contributed by atoms with Gasteiger partial charge in [-0.2, -0.15) is 5.10 Å². The Morgan fingerprint density at radius 3 is 3.06 bits per heavy atom. The van der Waals surface area contributed by atoms with Gasteiger partial charge in [0.2, 0.25) is 0 Å². The van der Waals surface area contributed by atoms with Crippen LogP contribution in [0.3, 0.4) is 0 Å². The van der Waals surface area contributed by atoms with Crippen molar-refractivity contribution in [3.05, 3.63) is 34.5 Å². The highest BCUT2D eigenvalue weighted by molar-refractivity contribution is 7.80. The van der Waals surface area contributed by atoms with Gasteiger partial charge < -0.3 is 5.32 Å². The van der Waals surface area contributed by atoms with Crippen molar-refractivity contribution in [3.63, 3.8) is 0 Å². The second-order valence-electron chi connectivity index (χ2n) is 4.75. The fourth-order valence-corrected chi connectivity index (χ4v) is 3.46. The number of allylic oxidation sites excluding steroid dienone is 1. The zero-order valence-corrected chi connectivity index (χ0v) is 11.5. The molecule has 0 saturated heterocycles. The van der Waals surface area contributed by atoms with E-state index in [1.807, 2.05) is 17.5 Å². The Morgan fingerprint density at radius 1 is 1.44 bits per heavy atom. The molecule has 1 heterocycles. The Kier molecular flexibility index (Phi) is 3.43. The van der Waals surface area contributed by atoms with Crippen LogP contribution in [0.2, 0.25) is 0 Å². The van der Waals surface area contributed by atoms with E-state index in [-0.39, 0.29) is 0 Å². The fraction of sp³-hybridized carbons (Fsp3) is 0.385. The lowest BCUT2D eigenvalue weighted by molar-refractivity contribution is 0.521. The third-order valence-corrected chi connectivity index (χ3v) is 4.51. The smallest absolute Gasteiger partial charge is 0.187 e. The maximum absolute atomic E-state index is 5.24. The van der Waals surface area contributed by atoms with Gasteiger partial charge in [0, 0.05) is 10.9 Å². The van der Waals surface area contributed by atoms with Gasteiger partial charge in [-0.25, -0.2) is 0 Å². The number of rotatable bonds is 3. The molecule has 2 aliphatic rings. The summed E-state index contributed by atoms with van der Waals surface area (Å²) >= 11 is 6.90. The van der Waals surface area contributed by atoms with Crippen LogP contribution >= 0.6 is 23.6 Å². The third kappa shape index (κ3) is 2.62. The molecule has 5 heteroatoms. The van der Waals surface area contributed by atoms with E-state index in [4.69, 9.17) is 12.2 Å². The van der Waals surface area contributed by atoms with Crippen molar-refractivity contribution in [1.29, 1.82) is 0 Å². The molecule has 1 fully saturated rings. The Morgan fingerprint density at radius 2 is 2.39 bits per heavy atom. The molecule has 1 aromatic heterocycles. The zero-order valence-electron chi connectivity index (χ0n) is 9.87. The minimum atomic E-state index is 0.483. The predicted molar refractivity (Wildman–Crippen MR) is 79.9 cm³/mol. The van der Waals surface area contributed by atoms with Gasteiger partial charge >= 0.3 is 0 Å². The molecular weight excluding hydrogens is 262 g/mol. The number of hydrogen-bond acceptors (Lipinski definition) is 3. The van der Waals surface area contributed by atoms with Crippen molar-refractivity contribution in [2.24, 2.45) is 16.9 Å². The van der Waals surface area contributed by atoms with Crippen LogP contribution in [0.25, 0.3) is 0 Å². The minimum absolute atomic E-state index is 0.483. The van der Waals surface area contributed by atoms with Gasteiger partial charge in [0.05, 0.1) is 6.21 Å². The quantitative estimate of drug-likeness (QED) is 0.386. The number of nitrogens with zero attached hydrogens (tertiary/aromatic N) is 1. The number of hydrogen-bond donors (Lipinski definition) is 2. The zero-order chi connectivity index (χ0) is 12.4. The summed E-state index contributed by atoms with van der Waals surface area (Å²) < 4.78 is 0. The molecule has 18 heavy (non-hydrogen) atoms. The van der Waals surface area contributed by atoms with E-state index in [0.29, 0.717) is 17.1 Å². The highest BCUT2D eigenvalue weighted by Crippen LogP contribution is 2.38. The molecule has 0 spiro atoms. The SMILES string of the molecule is S=C(N/N=C\c1cccs1)N[C@@H]1C[C@@H]2C=C[C@@H]1C2. The summed E-state index contributed by atoms with van der Waals surface area (Å²) in [6.45, 7) is 0. The van der Waals surface area contributed by atoms with Crippen LogP contribution in [0, 0.1) is 11.8 Å². The summed E-state index contributed by atoms with van der Waals surface area (Å²) in [5.74, 6) is 1.40. The van der Waals surface area contributed by atoms with Crippen LogP contribution in [0.5, 0.6) is 0 Å². The lowest BCUT2D eigenvalue weighted by atomic mass is 10.0. The van der Waals surface area contributed by atoms with E-state index in [2.05, 4.69) is 28.0 Å². The highest BCUT2D eigenvalue weighted by Gasteiger charge is 2.35. The van der Waals surface area contributed by atoms with Crippen molar-refractivity contribution in [2.75, 3.05) is 0 Å². The minimum Gasteiger partial charge on any atom is -0.358 e. The second kappa shape index (κ2) is 5.20. The van der Waals surface area contributed by atoms with Gasteiger partial charge in [-0.05, 0) is 48.3 Å². The normalized spacial score (nSPS) is 29.0. The van der Waals surface area contributed by atoms with Gasteiger partial charge in [-0.3, -0.25) is 5.43 Å². The molecule has 3 rings (SSSR count). The summed E-state index contributed by atoms with van der Waals surface area (Å²) in [7, 11) is 0. The molecule has 1 aromatic rings. The summed E-state index contributed by atoms with van der Waals surface area (Å²) in [5, 5.41) is 10.1. The first-order valence-corrected chi connectivity index (χ1v) is 7.41. The number of nitrogens with one attached hydrogen (secondary N) is 2. The first kappa shape index (κ1) is 11.9. The van der Waals surface area contributed by atoms with Crippen molar-refractivity contribution < 1.29 is 0 Å². The summed E-state index contributed by atoms with van der Waals surface area (Å²) in [6, 6.07) is 4.51. The Hall–Kier alpha value is -1.20. The van der Waals surface area contributed by atoms with Crippen molar-refractivity contribution in [3.8, 4) is 0 Å². The summed E-state index contributed by atoms with van der Waals surface area (Å²) in [5.41, 5.74) is 2.88. The number of thiophene rings is 1. The topological polar surface area (TPSA) is 36.4 Å². The summed E-state index contributed by atoms with van der Waals surface area (Å²) in [6.07, 6.45) is 8.90. The van der Waals surface area contributed by atoms with E-state index in [1.54, 1.807) is 17.6 Å². The van der Waals surface area contributed by atoms with E-state index in [9.17, 15) is 0 Å². The predicted octanol–water partition coefficient (Wildman–Crippen LogP) is 2.51. The Bertz CT molecular complexity index is 478. The van der Waals surface area contributed by atoms with Crippen LogP contribution in [-0.2, 0) is 0 Å². The average Bonchev–Trinajstić information content (AvgIpc) is 3.04. The molecule has 2 N–H and O–H groups in total. The molecular formula is C13H15N3S2. The van der Waals surface area contributed by atoms with Crippen molar-refractivity contribution >= 4 is 34.9 Å². The fourth-order valence-electron chi connectivity index (χ4n) is 2.67. The van der Waals surface area contributed by atoms with Crippen molar-refractivity contribution in [2.45, 2.75) is 18.9 Å². The molecule has 0 aromatic carbocycles. The van der Waals surface area contributed by atoms with Crippen LogP contribution in [0.1, 0.15) is 17.7 Å². The number of fused-ring (bicyclic) bond motifs is 2. The van der Waals surface area contributed by atoms with Crippen LogP contribution in [0.15, 0.2) is 34.8 Å². The third-order valence-electron chi connectivity index (χ3n) is 3.50.